The Morgan fingerprint density at radius 3 is 2.55 bits per heavy atom. The number of pyridine rings is 1. The zero-order chi connectivity index (χ0) is 30.5. The molecule has 4 aromatic rings. The monoisotopic (exact) mass is 604 g/mol. The Labute approximate surface area is 243 Å². The Balaban J connectivity index is 1.72. The van der Waals surface area contributed by atoms with E-state index >= 15 is 8.78 Å². The highest BCUT2D eigenvalue weighted by Gasteiger charge is 2.36. The highest BCUT2D eigenvalue weighted by atomic mass is 32.1. The molecule has 224 valence electrons. The fourth-order valence-corrected chi connectivity index (χ4v) is 5.92. The number of hydrogen-bond donors (Lipinski definition) is 1. The number of benzene rings is 1. The molecular formula is C29H31F3N4O5S. The largest absolute Gasteiger partial charge is 0.490 e. The van der Waals surface area contributed by atoms with Gasteiger partial charge in [0.1, 0.15) is 45.8 Å². The number of thiophene rings is 1. The van der Waals surface area contributed by atoms with Gasteiger partial charge in [-0.3, -0.25) is 14.4 Å². The highest BCUT2D eigenvalue weighted by Crippen LogP contribution is 2.45. The summed E-state index contributed by atoms with van der Waals surface area (Å²) in [6.07, 6.45) is -0.488. The SMILES string of the molecule is COCCOc1cc(F)cc(F)c1-c1c(-c2cc3n(n2)[C@@H](C)CN(C(=O)OC(C)(C)C)[C@@H]3C)[nH]c(=O)c2scc(F)c12. The molecule has 5 rings (SSSR count). The number of fused-ring (bicyclic) bond motifs is 2. The molecule has 0 saturated heterocycles. The van der Waals surface area contributed by atoms with Gasteiger partial charge < -0.3 is 19.2 Å². The highest BCUT2D eigenvalue weighted by molar-refractivity contribution is 7.17. The molecule has 0 spiro atoms. The second-order valence-electron chi connectivity index (χ2n) is 11.2. The van der Waals surface area contributed by atoms with Crippen molar-refractivity contribution >= 4 is 27.5 Å². The molecule has 4 heterocycles. The molecule has 0 aliphatic carbocycles. The number of carbonyl (C=O) groups is 1. The van der Waals surface area contributed by atoms with Crippen LogP contribution in [-0.2, 0) is 9.47 Å². The normalized spacial score (nSPS) is 17.0. The third kappa shape index (κ3) is 5.38. The zero-order valence-corrected chi connectivity index (χ0v) is 24.8. The number of amides is 1. The van der Waals surface area contributed by atoms with Gasteiger partial charge in [0.05, 0.1) is 35.6 Å². The van der Waals surface area contributed by atoms with Crippen LogP contribution in [0.2, 0.25) is 0 Å². The number of nitrogens with zero attached hydrogens (tertiary/aromatic N) is 3. The molecule has 42 heavy (non-hydrogen) atoms. The minimum absolute atomic E-state index is 0.0250. The van der Waals surface area contributed by atoms with E-state index in [0.29, 0.717) is 18.3 Å². The number of methoxy groups -OCH3 is 1. The summed E-state index contributed by atoms with van der Waals surface area (Å²) in [6.45, 7) is 9.44. The van der Waals surface area contributed by atoms with Gasteiger partial charge in [0.15, 0.2) is 0 Å². The molecule has 1 aromatic carbocycles. The first-order valence-corrected chi connectivity index (χ1v) is 14.2. The van der Waals surface area contributed by atoms with Gasteiger partial charge in [0, 0.05) is 42.1 Å². The van der Waals surface area contributed by atoms with Gasteiger partial charge in [-0.15, -0.1) is 11.3 Å². The van der Waals surface area contributed by atoms with E-state index in [1.54, 1.807) is 36.4 Å². The molecule has 0 radical (unpaired) electrons. The van der Waals surface area contributed by atoms with Gasteiger partial charge in [-0.05, 0) is 40.7 Å². The first kappa shape index (κ1) is 29.6. The third-order valence-electron chi connectivity index (χ3n) is 6.93. The predicted molar refractivity (Wildman–Crippen MR) is 152 cm³/mol. The number of aromatic amines is 1. The second-order valence-corrected chi connectivity index (χ2v) is 12.0. The van der Waals surface area contributed by atoms with Crippen LogP contribution in [0.15, 0.2) is 28.4 Å². The lowest BCUT2D eigenvalue weighted by atomic mass is 9.96. The Morgan fingerprint density at radius 2 is 1.86 bits per heavy atom. The van der Waals surface area contributed by atoms with Gasteiger partial charge in [-0.25, -0.2) is 18.0 Å². The Hall–Kier alpha value is -3.84. The van der Waals surface area contributed by atoms with Crippen molar-refractivity contribution in [3.63, 3.8) is 0 Å². The number of ether oxygens (including phenoxy) is 3. The van der Waals surface area contributed by atoms with Crippen LogP contribution in [0.25, 0.3) is 32.6 Å². The molecule has 3 aromatic heterocycles. The lowest BCUT2D eigenvalue weighted by molar-refractivity contribution is 0.00865. The molecule has 0 bridgehead atoms. The molecule has 0 fully saturated rings. The molecule has 13 heteroatoms. The van der Waals surface area contributed by atoms with Crippen LogP contribution in [0, 0.1) is 17.5 Å². The van der Waals surface area contributed by atoms with Crippen LogP contribution in [0.1, 0.15) is 52.4 Å². The van der Waals surface area contributed by atoms with Crippen molar-refractivity contribution in [3.8, 4) is 28.3 Å². The number of hydrogen-bond acceptors (Lipinski definition) is 7. The number of nitrogens with one attached hydrogen (secondary N) is 1. The van der Waals surface area contributed by atoms with E-state index in [1.165, 1.54) is 7.11 Å². The van der Waals surface area contributed by atoms with Crippen molar-refractivity contribution in [1.29, 1.82) is 0 Å². The number of carbonyl (C=O) groups excluding carboxylic acids is 1. The molecule has 1 aliphatic heterocycles. The molecule has 1 N–H and O–H groups in total. The predicted octanol–water partition coefficient (Wildman–Crippen LogP) is 6.44. The topological polar surface area (TPSA) is 98.7 Å². The van der Waals surface area contributed by atoms with Crippen molar-refractivity contribution in [2.24, 2.45) is 0 Å². The number of H-pyrrole nitrogens is 1. The minimum atomic E-state index is -1.01. The molecule has 1 aliphatic rings. The third-order valence-corrected chi connectivity index (χ3v) is 7.88. The first-order valence-electron chi connectivity index (χ1n) is 13.3. The molecule has 2 atom stereocenters. The Morgan fingerprint density at radius 1 is 1.12 bits per heavy atom. The van der Waals surface area contributed by atoms with Gasteiger partial charge in [0.25, 0.3) is 5.56 Å². The quantitative estimate of drug-likeness (QED) is 0.255. The average molecular weight is 605 g/mol. The molecule has 0 unspecified atom stereocenters. The maximum Gasteiger partial charge on any atom is 0.410 e. The number of rotatable bonds is 6. The van der Waals surface area contributed by atoms with E-state index in [9.17, 15) is 14.0 Å². The van der Waals surface area contributed by atoms with E-state index in [2.05, 4.69) is 4.98 Å². The van der Waals surface area contributed by atoms with Crippen molar-refractivity contribution in [1.82, 2.24) is 19.7 Å². The van der Waals surface area contributed by atoms with Crippen LogP contribution >= 0.6 is 11.3 Å². The molecule has 1 amide bonds. The van der Waals surface area contributed by atoms with E-state index in [-0.39, 0.29) is 57.6 Å². The number of aromatic nitrogens is 3. The van der Waals surface area contributed by atoms with Crippen LogP contribution in [0.3, 0.4) is 0 Å². The Kier molecular flexibility index (Phi) is 7.84. The number of halogens is 3. The van der Waals surface area contributed by atoms with Crippen molar-refractivity contribution in [2.45, 2.75) is 52.3 Å². The molecule has 9 nitrogen and oxygen atoms in total. The van der Waals surface area contributed by atoms with Crippen LogP contribution in [-0.4, -0.2) is 58.2 Å². The van der Waals surface area contributed by atoms with Gasteiger partial charge in [-0.2, -0.15) is 5.10 Å². The van der Waals surface area contributed by atoms with Gasteiger partial charge in [-0.1, -0.05) is 0 Å². The summed E-state index contributed by atoms with van der Waals surface area (Å²) < 4.78 is 63.4. The molecular weight excluding hydrogens is 573 g/mol. The standard InChI is InChI=1S/C29H31F3N4O5S/c1-14-12-35(28(38)41-29(3,4)5)15(2)20-11-19(34-36(14)20)25-24(23-18(32)13-42-26(23)27(37)33-25)22-17(31)9-16(30)10-21(22)40-8-7-39-6/h9-11,13-15H,7-8,12H2,1-6H3,(H,33,37)/t14-,15+/m0/s1. The summed E-state index contributed by atoms with van der Waals surface area (Å²) in [4.78, 5) is 30.5. The maximum absolute atomic E-state index is 15.6. The van der Waals surface area contributed by atoms with Gasteiger partial charge >= 0.3 is 6.09 Å². The summed E-state index contributed by atoms with van der Waals surface area (Å²) >= 11 is 0.866. The smallest absolute Gasteiger partial charge is 0.410 e. The Bertz CT molecular complexity index is 1720. The molecule has 0 saturated carbocycles. The fraction of sp³-hybridized carbons (Fsp3) is 0.414. The van der Waals surface area contributed by atoms with Crippen LogP contribution < -0.4 is 10.3 Å². The first-order chi connectivity index (χ1) is 19.8. The van der Waals surface area contributed by atoms with Crippen molar-refractivity contribution in [2.75, 3.05) is 26.9 Å². The zero-order valence-electron chi connectivity index (χ0n) is 24.0. The van der Waals surface area contributed by atoms with Crippen LogP contribution in [0.5, 0.6) is 5.75 Å². The van der Waals surface area contributed by atoms with E-state index in [0.717, 1.165) is 22.8 Å². The second kappa shape index (κ2) is 11.1. The van der Waals surface area contributed by atoms with E-state index < -0.39 is 40.7 Å². The van der Waals surface area contributed by atoms with E-state index in [4.69, 9.17) is 19.3 Å². The summed E-state index contributed by atoms with van der Waals surface area (Å²) in [6, 6.07) is 2.58. The van der Waals surface area contributed by atoms with Crippen molar-refractivity contribution in [3.05, 3.63) is 57.1 Å². The maximum atomic E-state index is 15.6. The average Bonchev–Trinajstić information content (AvgIpc) is 3.51. The van der Waals surface area contributed by atoms with Crippen LogP contribution in [0.4, 0.5) is 18.0 Å². The summed E-state index contributed by atoms with van der Waals surface area (Å²) in [5, 5.41) is 5.73. The summed E-state index contributed by atoms with van der Waals surface area (Å²) in [5.74, 6) is -2.83. The summed E-state index contributed by atoms with van der Waals surface area (Å²) in [7, 11) is 1.45. The summed E-state index contributed by atoms with van der Waals surface area (Å²) in [5.41, 5.74) is -0.693. The lowest BCUT2D eigenvalue weighted by Crippen LogP contribution is -2.45. The minimum Gasteiger partial charge on any atom is -0.490 e. The fourth-order valence-electron chi connectivity index (χ4n) is 5.11. The van der Waals surface area contributed by atoms with Crippen molar-refractivity contribution < 1.29 is 32.2 Å². The lowest BCUT2D eigenvalue weighted by Gasteiger charge is -2.38. The van der Waals surface area contributed by atoms with Gasteiger partial charge in [0.2, 0.25) is 0 Å². The van der Waals surface area contributed by atoms with E-state index in [1.807, 2.05) is 13.8 Å².